The van der Waals surface area contributed by atoms with Crippen molar-refractivity contribution in [1.82, 2.24) is 15.2 Å². The van der Waals surface area contributed by atoms with Gasteiger partial charge in [0, 0.05) is 22.7 Å². The maximum Gasteiger partial charge on any atom is 0.247 e. The second-order valence-electron chi connectivity index (χ2n) is 7.36. The zero-order valence-electron chi connectivity index (χ0n) is 18.2. The summed E-state index contributed by atoms with van der Waals surface area (Å²) in [6.07, 6.45) is 5.58. The SMILES string of the molecule is C=C(/C=c1/c(N[C@H](C)c2cccc(C#N)c2C)nnc(C)/c1=C/C)c1ccc(=O)[nH]c1. The van der Waals surface area contributed by atoms with E-state index < -0.39 is 0 Å². The van der Waals surface area contributed by atoms with Crippen molar-refractivity contribution in [1.29, 1.82) is 5.26 Å². The van der Waals surface area contributed by atoms with Crippen LogP contribution in [0.4, 0.5) is 5.82 Å². The summed E-state index contributed by atoms with van der Waals surface area (Å²) >= 11 is 0. The third kappa shape index (κ3) is 4.62. The Hall–Kier alpha value is -3.98. The average molecular weight is 412 g/mol. The van der Waals surface area contributed by atoms with E-state index in [1.807, 2.05) is 58.0 Å². The Morgan fingerprint density at radius 3 is 2.65 bits per heavy atom. The van der Waals surface area contributed by atoms with E-state index in [9.17, 15) is 10.1 Å². The topological polar surface area (TPSA) is 94.5 Å². The van der Waals surface area contributed by atoms with Crippen molar-refractivity contribution in [3.8, 4) is 6.07 Å². The predicted octanol–water partition coefficient (Wildman–Crippen LogP) is 3.12. The number of nitrogens with one attached hydrogen (secondary N) is 2. The third-order valence-corrected chi connectivity index (χ3v) is 5.31. The first-order valence-electron chi connectivity index (χ1n) is 10.0. The van der Waals surface area contributed by atoms with Gasteiger partial charge in [0.1, 0.15) is 0 Å². The molecule has 0 unspecified atom stereocenters. The molecule has 1 atom stereocenters. The molecule has 0 fully saturated rings. The number of H-pyrrole nitrogens is 1. The molecule has 6 heteroatoms. The molecule has 0 bridgehead atoms. The normalized spacial score (nSPS) is 13.0. The standard InChI is InChI=1S/C25H25N5O/c1-6-21-18(5)29-30-25(23(21)12-15(2)20-10-11-24(31)27-14-20)28-17(4)22-9-7-8-19(13-26)16(22)3/h6-12,14,17H,2H2,1,3-5H3,(H,27,31)(H,28,30)/b21-6-,23-12+/t17-/m1/s1. The van der Waals surface area contributed by atoms with Crippen molar-refractivity contribution < 1.29 is 0 Å². The molecule has 3 aromatic rings. The molecular formula is C25H25N5O. The Balaban J connectivity index is 2.10. The average Bonchev–Trinajstić information content (AvgIpc) is 2.76. The van der Waals surface area contributed by atoms with Gasteiger partial charge in [0.25, 0.3) is 0 Å². The molecule has 0 radical (unpaired) electrons. The lowest BCUT2D eigenvalue weighted by Crippen LogP contribution is -2.34. The minimum absolute atomic E-state index is 0.0940. The van der Waals surface area contributed by atoms with Gasteiger partial charge in [0.15, 0.2) is 5.82 Å². The molecule has 0 aliphatic rings. The van der Waals surface area contributed by atoms with Crippen LogP contribution in [-0.2, 0) is 0 Å². The number of anilines is 1. The highest BCUT2D eigenvalue weighted by Crippen LogP contribution is 2.22. The molecule has 0 amide bonds. The minimum atomic E-state index is -0.160. The molecule has 0 saturated heterocycles. The Bertz CT molecular complexity index is 1340. The molecule has 2 heterocycles. The third-order valence-electron chi connectivity index (χ3n) is 5.31. The lowest BCUT2D eigenvalue weighted by molar-refractivity contribution is 0.840. The number of pyridine rings is 1. The second kappa shape index (κ2) is 9.23. The first kappa shape index (κ1) is 21.7. The van der Waals surface area contributed by atoms with Crippen LogP contribution < -0.4 is 21.3 Å². The van der Waals surface area contributed by atoms with E-state index in [0.717, 1.165) is 38.4 Å². The summed E-state index contributed by atoms with van der Waals surface area (Å²) in [6, 6.07) is 11.1. The zero-order chi connectivity index (χ0) is 22.5. The number of nitrogens with zero attached hydrogens (tertiary/aromatic N) is 3. The van der Waals surface area contributed by atoms with Gasteiger partial charge in [-0.3, -0.25) is 4.79 Å². The zero-order valence-corrected chi connectivity index (χ0v) is 18.2. The molecule has 0 aliphatic heterocycles. The summed E-state index contributed by atoms with van der Waals surface area (Å²) in [6.45, 7) is 12.0. The van der Waals surface area contributed by atoms with Crippen LogP contribution in [0.25, 0.3) is 17.7 Å². The van der Waals surface area contributed by atoms with Crippen LogP contribution >= 0.6 is 0 Å². The van der Waals surface area contributed by atoms with Crippen LogP contribution in [0.2, 0.25) is 0 Å². The molecule has 2 N–H and O–H groups in total. The number of nitriles is 1. The molecule has 1 aromatic carbocycles. The summed E-state index contributed by atoms with van der Waals surface area (Å²) in [5, 5.41) is 23.3. The van der Waals surface area contributed by atoms with Gasteiger partial charge in [-0.05, 0) is 68.2 Å². The van der Waals surface area contributed by atoms with Gasteiger partial charge in [0.05, 0.1) is 23.4 Å². The summed E-state index contributed by atoms with van der Waals surface area (Å²) < 4.78 is 0. The van der Waals surface area contributed by atoms with Gasteiger partial charge >= 0.3 is 0 Å². The molecule has 2 aromatic heterocycles. The van der Waals surface area contributed by atoms with Crippen molar-refractivity contribution in [3.63, 3.8) is 0 Å². The van der Waals surface area contributed by atoms with Crippen LogP contribution in [-0.4, -0.2) is 15.2 Å². The number of rotatable bonds is 5. The maximum atomic E-state index is 11.4. The molecule has 156 valence electrons. The second-order valence-corrected chi connectivity index (χ2v) is 7.36. The number of benzene rings is 1. The van der Waals surface area contributed by atoms with Crippen LogP contribution in [0.5, 0.6) is 0 Å². The molecule has 6 nitrogen and oxygen atoms in total. The minimum Gasteiger partial charge on any atom is -0.362 e. The highest BCUT2D eigenvalue weighted by Gasteiger charge is 2.13. The Kier molecular flexibility index (Phi) is 6.46. The number of hydrogen-bond donors (Lipinski definition) is 2. The Morgan fingerprint density at radius 1 is 1.23 bits per heavy atom. The van der Waals surface area contributed by atoms with Gasteiger partial charge in [-0.1, -0.05) is 24.8 Å². The fraction of sp³-hybridized carbons (Fsp3) is 0.200. The lowest BCUT2D eigenvalue weighted by Gasteiger charge is -2.18. The first-order chi connectivity index (χ1) is 14.8. The van der Waals surface area contributed by atoms with Gasteiger partial charge < -0.3 is 10.3 Å². The number of aromatic nitrogens is 3. The fourth-order valence-corrected chi connectivity index (χ4v) is 3.57. The summed E-state index contributed by atoms with van der Waals surface area (Å²) in [5.74, 6) is 0.624. The number of aryl methyl sites for hydroxylation is 1. The predicted molar refractivity (Wildman–Crippen MR) is 125 cm³/mol. The Morgan fingerprint density at radius 2 is 2.00 bits per heavy atom. The highest BCUT2D eigenvalue weighted by molar-refractivity contribution is 5.87. The lowest BCUT2D eigenvalue weighted by atomic mass is 9.98. The summed E-state index contributed by atoms with van der Waals surface area (Å²) in [4.78, 5) is 14.1. The molecule has 31 heavy (non-hydrogen) atoms. The van der Waals surface area contributed by atoms with E-state index in [0.29, 0.717) is 11.4 Å². The highest BCUT2D eigenvalue weighted by atomic mass is 16.1. The number of allylic oxidation sites excluding steroid dienone is 1. The monoisotopic (exact) mass is 411 g/mol. The first-order valence-corrected chi connectivity index (χ1v) is 10.0. The smallest absolute Gasteiger partial charge is 0.247 e. The quantitative estimate of drug-likeness (QED) is 0.673. The van der Waals surface area contributed by atoms with Crippen LogP contribution in [0.1, 0.15) is 47.8 Å². The van der Waals surface area contributed by atoms with Crippen molar-refractivity contribution in [2.45, 2.75) is 33.7 Å². The van der Waals surface area contributed by atoms with Crippen molar-refractivity contribution in [2.24, 2.45) is 0 Å². The van der Waals surface area contributed by atoms with Gasteiger partial charge in [-0.15, -0.1) is 5.10 Å². The van der Waals surface area contributed by atoms with Gasteiger partial charge in [-0.2, -0.15) is 10.4 Å². The molecule has 0 aliphatic carbocycles. The summed E-state index contributed by atoms with van der Waals surface area (Å²) in [5.41, 5.74) is 4.82. The van der Waals surface area contributed by atoms with E-state index >= 15 is 0 Å². The van der Waals surface area contributed by atoms with Gasteiger partial charge in [-0.25, -0.2) is 0 Å². The Labute approximate surface area is 181 Å². The largest absolute Gasteiger partial charge is 0.362 e. The van der Waals surface area contributed by atoms with Crippen LogP contribution in [0.15, 0.2) is 47.9 Å². The fourth-order valence-electron chi connectivity index (χ4n) is 3.57. The van der Waals surface area contributed by atoms with E-state index in [-0.39, 0.29) is 11.6 Å². The van der Waals surface area contributed by atoms with Crippen molar-refractivity contribution in [3.05, 3.63) is 91.8 Å². The number of aromatic amines is 1. The van der Waals surface area contributed by atoms with Gasteiger partial charge in [0.2, 0.25) is 5.56 Å². The van der Waals surface area contributed by atoms with Crippen molar-refractivity contribution >= 4 is 23.5 Å². The van der Waals surface area contributed by atoms with Crippen molar-refractivity contribution in [2.75, 3.05) is 5.32 Å². The molecular weight excluding hydrogens is 386 g/mol. The maximum absolute atomic E-state index is 11.4. The summed E-state index contributed by atoms with van der Waals surface area (Å²) in [7, 11) is 0. The van der Waals surface area contributed by atoms with E-state index in [1.165, 1.54) is 6.07 Å². The van der Waals surface area contributed by atoms with E-state index in [1.54, 1.807) is 12.3 Å². The van der Waals surface area contributed by atoms with Crippen LogP contribution in [0, 0.1) is 25.2 Å². The molecule has 3 rings (SSSR count). The molecule has 0 spiro atoms. The van der Waals surface area contributed by atoms with Crippen LogP contribution in [0.3, 0.4) is 0 Å². The van der Waals surface area contributed by atoms with E-state index in [2.05, 4.69) is 33.1 Å². The molecule has 0 saturated carbocycles. The number of hydrogen-bond acceptors (Lipinski definition) is 5. The van der Waals surface area contributed by atoms with E-state index in [4.69, 9.17) is 0 Å².